The van der Waals surface area contributed by atoms with E-state index in [1.807, 2.05) is 0 Å². The van der Waals surface area contributed by atoms with E-state index in [4.69, 9.17) is 0 Å². The minimum absolute atomic E-state index is 0. The Kier molecular flexibility index (Phi) is 14.1. The standard InChI is InChI=1S/C17H34N4.HI/c1-4-18-17(20-16-12-8-9-13-16)19-14-10-6-5-7-11-15-21(2)3;/h8-9,16H,4-7,10-15H2,1-3H3,(H2,18,19,20);1H. The predicted octanol–water partition coefficient (Wildman–Crippen LogP) is 3.39. The molecule has 0 amide bonds. The van der Waals surface area contributed by atoms with Crippen LogP contribution in [0.4, 0.5) is 0 Å². The van der Waals surface area contributed by atoms with Crippen LogP contribution in [0.25, 0.3) is 0 Å². The Morgan fingerprint density at radius 1 is 1.09 bits per heavy atom. The molecule has 22 heavy (non-hydrogen) atoms. The molecule has 0 aromatic carbocycles. The molecule has 0 aromatic rings. The van der Waals surface area contributed by atoms with Gasteiger partial charge in [0.15, 0.2) is 5.96 Å². The summed E-state index contributed by atoms with van der Waals surface area (Å²) in [6.07, 6.45) is 13.2. The number of hydrogen-bond donors (Lipinski definition) is 2. The number of halogens is 1. The fraction of sp³-hybridized carbons (Fsp3) is 0.824. The van der Waals surface area contributed by atoms with Crippen LogP contribution in [0.5, 0.6) is 0 Å². The molecule has 0 radical (unpaired) electrons. The van der Waals surface area contributed by atoms with Crippen molar-refractivity contribution < 1.29 is 0 Å². The van der Waals surface area contributed by atoms with Crippen LogP contribution >= 0.6 is 24.0 Å². The molecule has 0 saturated heterocycles. The number of nitrogens with zero attached hydrogens (tertiary/aromatic N) is 2. The van der Waals surface area contributed by atoms with E-state index in [1.54, 1.807) is 0 Å². The van der Waals surface area contributed by atoms with Gasteiger partial charge in [0.25, 0.3) is 0 Å². The van der Waals surface area contributed by atoms with Crippen LogP contribution in [0.15, 0.2) is 17.1 Å². The van der Waals surface area contributed by atoms with Gasteiger partial charge in [-0.2, -0.15) is 0 Å². The highest BCUT2D eigenvalue weighted by atomic mass is 127. The first-order valence-corrected chi connectivity index (χ1v) is 8.57. The summed E-state index contributed by atoms with van der Waals surface area (Å²) in [5.74, 6) is 0.985. The van der Waals surface area contributed by atoms with E-state index in [0.29, 0.717) is 6.04 Å². The second-order valence-electron chi connectivity index (χ2n) is 6.12. The fourth-order valence-corrected chi connectivity index (χ4v) is 2.51. The van der Waals surface area contributed by atoms with Gasteiger partial charge in [-0.05, 0) is 53.2 Å². The molecular weight excluding hydrogens is 387 g/mol. The fourth-order valence-electron chi connectivity index (χ4n) is 2.51. The molecule has 1 rings (SSSR count). The lowest BCUT2D eigenvalue weighted by molar-refractivity contribution is 0.390. The van der Waals surface area contributed by atoms with E-state index in [0.717, 1.165) is 31.9 Å². The SMILES string of the molecule is CCNC(=NCCCCCCCN(C)C)NC1CC=CC1.I. The summed E-state index contributed by atoms with van der Waals surface area (Å²) in [6.45, 7) is 5.19. The molecule has 1 aliphatic carbocycles. The van der Waals surface area contributed by atoms with Crippen molar-refractivity contribution in [2.24, 2.45) is 4.99 Å². The highest BCUT2D eigenvalue weighted by Crippen LogP contribution is 2.09. The van der Waals surface area contributed by atoms with Crippen LogP contribution < -0.4 is 10.6 Å². The number of aliphatic imine (C=N–C) groups is 1. The lowest BCUT2D eigenvalue weighted by atomic mass is 10.1. The Bertz CT molecular complexity index is 308. The largest absolute Gasteiger partial charge is 0.357 e. The topological polar surface area (TPSA) is 39.7 Å². The highest BCUT2D eigenvalue weighted by molar-refractivity contribution is 14.0. The van der Waals surface area contributed by atoms with Gasteiger partial charge in [-0.1, -0.05) is 31.4 Å². The molecule has 0 aliphatic heterocycles. The van der Waals surface area contributed by atoms with Crippen molar-refractivity contribution >= 4 is 29.9 Å². The number of hydrogen-bond acceptors (Lipinski definition) is 2. The van der Waals surface area contributed by atoms with Gasteiger partial charge >= 0.3 is 0 Å². The molecular formula is C17H35IN4. The predicted molar refractivity (Wildman–Crippen MR) is 108 cm³/mol. The first-order valence-electron chi connectivity index (χ1n) is 8.57. The van der Waals surface area contributed by atoms with Crippen molar-refractivity contribution in [1.29, 1.82) is 0 Å². The first kappa shape index (κ1) is 21.7. The monoisotopic (exact) mass is 422 g/mol. The third kappa shape index (κ3) is 11.3. The number of nitrogens with one attached hydrogen (secondary N) is 2. The van der Waals surface area contributed by atoms with E-state index in [1.165, 1.54) is 38.6 Å². The van der Waals surface area contributed by atoms with Crippen LogP contribution in [0, 0.1) is 0 Å². The van der Waals surface area contributed by atoms with E-state index >= 15 is 0 Å². The van der Waals surface area contributed by atoms with Gasteiger partial charge < -0.3 is 15.5 Å². The van der Waals surface area contributed by atoms with E-state index in [9.17, 15) is 0 Å². The lowest BCUT2D eigenvalue weighted by Crippen LogP contribution is -2.42. The Morgan fingerprint density at radius 3 is 2.36 bits per heavy atom. The number of guanidine groups is 1. The van der Waals surface area contributed by atoms with Gasteiger partial charge in [-0.3, -0.25) is 4.99 Å². The van der Waals surface area contributed by atoms with Crippen molar-refractivity contribution in [3.8, 4) is 0 Å². The van der Waals surface area contributed by atoms with Crippen molar-refractivity contribution in [3.63, 3.8) is 0 Å². The summed E-state index contributed by atoms with van der Waals surface area (Å²) in [6, 6.07) is 0.536. The first-order chi connectivity index (χ1) is 10.2. The van der Waals surface area contributed by atoms with E-state index in [2.05, 4.69) is 53.7 Å². The maximum Gasteiger partial charge on any atom is 0.191 e. The maximum absolute atomic E-state index is 4.68. The Hall–Kier alpha value is -0.300. The zero-order valence-corrected chi connectivity index (χ0v) is 16.9. The third-order valence-electron chi connectivity index (χ3n) is 3.73. The van der Waals surface area contributed by atoms with E-state index in [-0.39, 0.29) is 24.0 Å². The van der Waals surface area contributed by atoms with E-state index < -0.39 is 0 Å². The second-order valence-corrected chi connectivity index (χ2v) is 6.12. The summed E-state index contributed by atoms with van der Waals surface area (Å²) in [4.78, 5) is 6.94. The normalized spacial score (nSPS) is 15.2. The molecule has 0 saturated carbocycles. The second kappa shape index (κ2) is 14.3. The third-order valence-corrected chi connectivity index (χ3v) is 3.73. The summed E-state index contributed by atoms with van der Waals surface area (Å²) >= 11 is 0. The smallest absolute Gasteiger partial charge is 0.191 e. The minimum atomic E-state index is 0. The molecule has 0 spiro atoms. The van der Waals surface area contributed by atoms with Gasteiger partial charge in [0.2, 0.25) is 0 Å². The molecule has 2 N–H and O–H groups in total. The molecule has 0 aromatic heterocycles. The molecule has 5 heteroatoms. The molecule has 0 unspecified atom stereocenters. The Morgan fingerprint density at radius 2 is 1.73 bits per heavy atom. The average Bonchev–Trinajstić information content (AvgIpc) is 2.94. The molecule has 130 valence electrons. The Balaban J connectivity index is 0.00000441. The van der Waals surface area contributed by atoms with Gasteiger partial charge in [0.05, 0.1) is 0 Å². The molecule has 0 atom stereocenters. The van der Waals surface area contributed by atoms with Crippen molar-refractivity contribution in [1.82, 2.24) is 15.5 Å². The number of rotatable bonds is 10. The van der Waals surface area contributed by atoms with Crippen LogP contribution in [0.2, 0.25) is 0 Å². The summed E-state index contributed by atoms with van der Waals surface area (Å²) in [7, 11) is 4.29. The molecule has 1 aliphatic rings. The quantitative estimate of drug-likeness (QED) is 0.186. The molecule has 4 nitrogen and oxygen atoms in total. The maximum atomic E-state index is 4.68. The summed E-state index contributed by atoms with van der Waals surface area (Å²) in [5, 5.41) is 6.85. The van der Waals surface area contributed by atoms with Crippen molar-refractivity contribution in [3.05, 3.63) is 12.2 Å². The van der Waals surface area contributed by atoms with Crippen LogP contribution in [0.1, 0.15) is 51.9 Å². The average molecular weight is 422 g/mol. The van der Waals surface area contributed by atoms with Crippen LogP contribution in [-0.4, -0.2) is 50.6 Å². The molecule has 0 fully saturated rings. The molecule has 0 heterocycles. The van der Waals surface area contributed by atoms with Crippen molar-refractivity contribution in [2.75, 3.05) is 33.7 Å². The number of unbranched alkanes of at least 4 members (excludes halogenated alkanes) is 4. The summed E-state index contributed by atoms with van der Waals surface area (Å²) < 4.78 is 0. The van der Waals surface area contributed by atoms with Crippen molar-refractivity contribution in [2.45, 2.75) is 57.9 Å². The van der Waals surface area contributed by atoms with Gasteiger partial charge in [0.1, 0.15) is 0 Å². The van der Waals surface area contributed by atoms with Gasteiger partial charge in [-0.15, -0.1) is 24.0 Å². The van der Waals surface area contributed by atoms with Crippen LogP contribution in [-0.2, 0) is 0 Å². The zero-order chi connectivity index (χ0) is 15.3. The highest BCUT2D eigenvalue weighted by Gasteiger charge is 2.11. The minimum Gasteiger partial charge on any atom is -0.357 e. The molecule has 0 bridgehead atoms. The van der Waals surface area contributed by atoms with Crippen LogP contribution in [0.3, 0.4) is 0 Å². The Labute approximate surface area is 154 Å². The lowest BCUT2D eigenvalue weighted by Gasteiger charge is -2.16. The van der Waals surface area contributed by atoms with Gasteiger partial charge in [-0.25, -0.2) is 0 Å². The zero-order valence-electron chi connectivity index (χ0n) is 14.6. The summed E-state index contributed by atoms with van der Waals surface area (Å²) in [5.41, 5.74) is 0. The van der Waals surface area contributed by atoms with Gasteiger partial charge in [0, 0.05) is 19.1 Å².